The summed E-state index contributed by atoms with van der Waals surface area (Å²) in [6.07, 6.45) is 0. The number of nitrogens with zero attached hydrogens (tertiary/aromatic N) is 1. The molecule has 0 saturated heterocycles. The van der Waals surface area contributed by atoms with Crippen LogP contribution in [0.2, 0.25) is 5.02 Å². The fraction of sp³-hybridized carbons (Fsp3) is 0.158. The van der Waals surface area contributed by atoms with E-state index in [0.29, 0.717) is 22.2 Å². The first-order valence-electron chi connectivity index (χ1n) is 8.48. The minimum absolute atomic E-state index is 0.0178. The number of carbonyl (C=O) groups excluding carboxylic acids is 1. The minimum Gasteiger partial charge on any atom is -0.483 e. The lowest BCUT2D eigenvalue weighted by molar-refractivity contribution is -0.118. The van der Waals surface area contributed by atoms with Gasteiger partial charge in [0.15, 0.2) is 12.4 Å². The highest BCUT2D eigenvalue weighted by Gasteiger charge is 2.16. The molecule has 0 radical (unpaired) electrons. The van der Waals surface area contributed by atoms with Gasteiger partial charge in [0, 0.05) is 16.8 Å². The Morgan fingerprint density at radius 2 is 1.86 bits per heavy atom. The van der Waals surface area contributed by atoms with Gasteiger partial charge in [0.25, 0.3) is 15.9 Å². The first kappa shape index (κ1) is 20.7. The summed E-state index contributed by atoms with van der Waals surface area (Å²) in [5, 5.41) is 6.82. The van der Waals surface area contributed by atoms with Crippen molar-refractivity contribution in [3.05, 3.63) is 64.9 Å². The van der Waals surface area contributed by atoms with E-state index >= 15 is 0 Å². The van der Waals surface area contributed by atoms with Gasteiger partial charge in [-0.05, 0) is 61.9 Å². The molecule has 3 rings (SSSR count). The molecule has 0 fully saturated rings. The highest BCUT2D eigenvalue weighted by Crippen LogP contribution is 2.22. The van der Waals surface area contributed by atoms with Gasteiger partial charge < -0.3 is 14.6 Å². The van der Waals surface area contributed by atoms with E-state index in [1.807, 2.05) is 6.92 Å². The number of aryl methyl sites for hydroxylation is 2. The summed E-state index contributed by atoms with van der Waals surface area (Å²) in [5.41, 5.74) is 1.25. The molecule has 8 nitrogen and oxygen atoms in total. The topological polar surface area (TPSA) is 111 Å². The second kappa shape index (κ2) is 8.54. The van der Waals surface area contributed by atoms with Crippen molar-refractivity contribution in [2.45, 2.75) is 18.7 Å². The fourth-order valence-corrected chi connectivity index (χ4v) is 3.65. The van der Waals surface area contributed by atoms with Crippen molar-refractivity contribution in [3.8, 4) is 5.75 Å². The molecule has 0 saturated carbocycles. The van der Waals surface area contributed by atoms with Crippen LogP contribution in [0, 0.1) is 13.8 Å². The van der Waals surface area contributed by atoms with Crippen LogP contribution in [-0.2, 0) is 14.8 Å². The van der Waals surface area contributed by atoms with E-state index < -0.39 is 10.0 Å². The number of carbonyl (C=O) groups is 1. The van der Waals surface area contributed by atoms with E-state index in [0.717, 1.165) is 5.56 Å². The molecule has 152 valence electrons. The number of nitrogens with one attached hydrogen (secondary N) is 2. The van der Waals surface area contributed by atoms with E-state index in [2.05, 4.69) is 15.2 Å². The Kier molecular flexibility index (Phi) is 6.09. The summed E-state index contributed by atoms with van der Waals surface area (Å²) in [6, 6.07) is 12.3. The van der Waals surface area contributed by atoms with Gasteiger partial charge in [-0.25, -0.2) is 8.42 Å². The van der Waals surface area contributed by atoms with Crippen molar-refractivity contribution in [1.29, 1.82) is 0 Å². The molecular formula is C19H18ClN3O5S. The molecule has 1 heterocycles. The van der Waals surface area contributed by atoms with Crippen molar-refractivity contribution in [3.63, 3.8) is 0 Å². The van der Waals surface area contributed by atoms with Crippen LogP contribution in [0.3, 0.4) is 0 Å². The SMILES string of the molecule is Cc1cc(NS(=O)(=O)c2ccc(NC(=O)COc3ccc(Cl)cc3C)cc2)no1. The molecular weight excluding hydrogens is 418 g/mol. The summed E-state index contributed by atoms with van der Waals surface area (Å²) in [5.74, 6) is 0.748. The number of sulfonamides is 1. The maximum absolute atomic E-state index is 12.4. The van der Waals surface area contributed by atoms with Gasteiger partial charge in [0.2, 0.25) is 0 Å². The third-order valence-electron chi connectivity index (χ3n) is 3.81. The van der Waals surface area contributed by atoms with Crippen molar-refractivity contribution >= 4 is 39.0 Å². The first-order valence-corrected chi connectivity index (χ1v) is 10.3. The molecule has 2 N–H and O–H groups in total. The monoisotopic (exact) mass is 435 g/mol. The van der Waals surface area contributed by atoms with Crippen LogP contribution in [-0.4, -0.2) is 26.1 Å². The zero-order valence-corrected chi connectivity index (χ0v) is 17.2. The Hall–Kier alpha value is -3.04. The molecule has 0 spiro atoms. The largest absolute Gasteiger partial charge is 0.483 e. The minimum atomic E-state index is -3.82. The average Bonchev–Trinajstić information content (AvgIpc) is 3.05. The smallest absolute Gasteiger partial charge is 0.263 e. The molecule has 1 aromatic heterocycles. The molecule has 0 aliphatic heterocycles. The van der Waals surface area contributed by atoms with Crippen LogP contribution in [0.1, 0.15) is 11.3 Å². The van der Waals surface area contributed by atoms with Crippen LogP contribution < -0.4 is 14.8 Å². The molecule has 10 heteroatoms. The number of amides is 1. The van der Waals surface area contributed by atoms with Crippen molar-refractivity contribution < 1.29 is 22.5 Å². The van der Waals surface area contributed by atoms with Crippen molar-refractivity contribution in [2.24, 2.45) is 0 Å². The summed E-state index contributed by atoms with van der Waals surface area (Å²) in [7, 11) is -3.82. The third kappa shape index (κ3) is 5.49. The molecule has 0 aliphatic rings. The van der Waals surface area contributed by atoms with E-state index in [4.69, 9.17) is 20.9 Å². The summed E-state index contributed by atoms with van der Waals surface area (Å²) in [4.78, 5) is 12.1. The first-order chi connectivity index (χ1) is 13.7. The van der Waals surface area contributed by atoms with E-state index in [9.17, 15) is 13.2 Å². The van der Waals surface area contributed by atoms with Crippen LogP contribution in [0.15, 0.2) is 57.9 Å². The van der Waals surface area contributed by atoms with Gasteiger partial charge >= 0.3 is 0 Å². The van der Waals surface area contributed by atoms with Crippen LogP contribution in [0.5, 0.6) is 5.75 Å². The Labute approximate surface area is 172 Å². The predicted molar refractivity (Wildman–Crippen MR) is 109 cm³/mol. The van der Waals surface area contributed by atoms with Crippen LogP contribution in [0.25, 0.3) is 0 Å². The molecule has 0 aliphatic carbocycles. The Bertz CT molecular complexity index is 1130. The normalized spacial score (nSPS) is 11.1. The van der Waals surface area contributed by atoms with Gasteiger partial charge in [-0.2, -0.15) is 0 Å². The highest BCUT2D eigenvalue weighted by molar-refractivity contribution is 7.92. The van der Waals surface area contributed by atoms with E-state index in [-0.39, 0.29) is 23.2 Å². The number of hydrogen-bond donors (Lipinski definition) is 2. The van der Waals surface area contributed by atoms with Gasteiger partial charge in [-0.3, -0.25) is 9.52 Å². The molecule has 2 aromatic carbocycles. The predicted octanol–water partition coefficient (Wildman–Crippen LogP) is 3.76. The molecule has 0 atom stereocenters. The second-order valence-electron chi connectivity index (χ2n) is 6.20. The van der Waals surface area contributed by atoms with Crippen molar-refractivity contribution in [2.75, 3.05) is 16.6 Å². The maximum atomic E-state index is 12.4. The number of halogens is 1. The highest BCUT2D eigenvalue weighted by atomic mass is 35.5. The van der Waals surface area contributed by atoms with Crippen molar-refractivity contribution in [1.82, 2.24) is 5.16 Å². The maximum Gasteiger partial charge on any atom is 0.263 e. The second-order valence-corrected chi connectivity index (χ2v) is 8.32. The lowest BCUT2D eigenvalue weighted by Crippen LogP contribution is -2.20. The Balaban J connectivity index is 1.58. The van der Waals surface area contributed by atoms with E-state index in [1.54, 1.807) is 25.1 Å². The van der Waals surface area contributed by atoms with E-state index in [1.165, 1.54) is 30.3 Å². The summed E-state index contributed by atoms with van der Waals surface area (Å²) in [6.45, 7) is 3.28. The molecule has 0 unspecified atom stereocenters. The Morgan fingerprint density at radius 1 is 1.14 bits per heavy atom. The number of rotatable bonds is 7. The Morgan fingerprint density at radius 3 is 2.48 bits per heavy atom. The lowest BCUT2D eigenvalue weighted by atomic mass is 10.2. The molecule has 29 heavy (non-hydrogen) atoms. The number of anilines is 2. The van der Waals surface area contributed by atoms with Crippen LogP contribution >= 0.6 is 11.6 Å². The summed E-state index contributed by atoms with van der Waals surface area (Å²) < 4.78 is 37.3. The average molecular weight is 436 g/mol. The fourth-order valence-electron chi connectivity index (χ4n) is 2.44. The number of ether oxygens (including phenoxy) is 1. The molecule has 3 aromatic rings. The quantitative estimate of drug-likeness (QED) is 0.584. The lowest BCUT2D eigenvalue weighted by Gasteiger charge is -2.10. The molecule has 0 bridgehead atoms. The third-order valence-corrected chi connectivity index (χ3v) is 5.42. The van der Waals surface area contributed by atoms with Gasteiger partial charge in [-0.15, -0.1) is 0 Å². The van der Waals surface area contributed by atoms with Gasteiger partial charge in [0.05, 0.1) is 4.90 Å². The molecule has 1 amide bonds. The number of aromatic nitrogens is 1. The zero-order chi connectivity index (χ0) is 21.0. The zero-order valence-electron chi connectivity index (χ0n) is 15.6. The number of benzene rings is 2. The van der Waals surface area contributed by atoms with Crippen LogP contribution in [0.4, 0.5) is 11.5 Å². The standard InChI is InChI=1S/C19H18ClN3O5S/c1-12-9-14(20)3-8-17(12)27-11-19(24)21-15-4-6-16(7-5-15)29(25,26)23-18-10-13(2)28-22-18/h3-10H,11H2,1-2H3,(H,21,24)(H,22,23). The van der Waals surface area contributed by atoms with Gasteiger partial charge in [-0.1, -0.05) is 16.8 Å². The summed E-state index contributed by atoms with van der Waals surface area (Å²) >= 11 is 5.89. The van der Waals surface area contributed by atoms with Gasteiger partial charge in [0.1, 0.15) is 11.5 Å². The number of hydrogen-bond acceptors (Lipinski definition) is 6.